The van der Waals surface area contributed by atoms with Crippen molar-refractivity contribution in [3.63, 3.8) is 0 Å². The Morgan fingerprint density at radius 1 is 0.837 bits per heavy atom. The smallest absolute Gasteiger partial charge is 0.223 e. The van der Waals surface area contributed by atoms with E-state index in [1.807, 2.05) is 33.8 Å². The molecule has 4 aromatic carbocycles. The molecule has 1 N–H and O–H groups in total. The molecule has 5 nitrogen and oxygen atoms in total. The van der Waals surface area contributed by atoms with Gasteiger partial charge in [0.25, 0.3) is 0 Å². The summed E-state index contributed by atoms with van der Waals surface area (Å²) in [7, 11) is 0. The molecule has 7 rings (SSSR count). The molecule has 2 heterocycles. The number of carbonyl (C=O) groups excluding carboxylic acids is 1. The second-order valence-electron chi connectivity index (χ2n) is 12.5. The second-order valence-corrected chi connectivity index (χ2v) is 12.5. The fourth-order valence-corrected chi connectivity index (χ4v) is 6.86. The third-order valence-electron chi connectivity index (χ3n) is 9.69. The molecule has 253 valence electrons. The van der Waals surface area contributed by atoms with Gasteiger partial charge in [-0.1, -0.05) is 117 Å². The molecule has 0 fully saturated rings. The number of benzene rings is 4. The molecule has 0 saturated heterocycles. The van der Waals surface area contributed by atoms with Crippen LogP contribution in [0.2, 0.25) is 0 Å². The molecular weight excluding hydrogens is 785 g/mol. The summed E-state index contributed by atoms with van der Waals surface area (Å²) >= 11 is 0. The average Bonchev–Trinajstić information content (AvgIpc) is 3.52. The number of fused-ring (bicyclic) bond motifs is 6. The first-order valence-electron chi connectivity index (χ1n) is 17.3. The van der Waals surface area contributed by atoms with Crippen LogP contribution in [-0.4, -0.2) is 20.9 Å². The van der Waals surface area contributed by atoms with Gasteiger partial charge in [0, 0.05) is 60.2 Å². The van der Waals surface area contributed by atoms with Crippen LogP contribution >= 0.6 is 0 Å². The summed E-state index contributed by atoms with van der Waals surface area (Å²) in [6.07, 6.45) is 8.41. The number of aryl methyl sites for hydroxylation is 2. The number of nitrogens with zero attached hydrogens (tertiary/aromatic N) is 2. The van der Waals surface area contributed by atoms with Gasteiger partial charge in [-0.05, 0) is 49.7 Å². The number of furan rings is 1. The van der Waals surface area contributed by atoms with E-state index in [0.717, 1.165) is 71.9 Å². The SMILES string of the molecule is CCC(CC)C(=O)/C=C(\O)C(CC)CC.[Ir].[c-]1c(-c2ncnc3oc4c(c23)CCc2ccccc2-4)cc(-c2ccccc2)c2ccccc12. The topological polar surface area (TPSA) is 76.2 Å². The zero-order chi connectivity index (χ0) is 33.6. The van der Waals surface area contributed by atoms with Crippen LogP contribution in [0.1, 0.15) is 64.5 Å². The number of aliphatic hydroxyl groups excluding tert-OH is 1. The maximum absolute atomic E-state index is 11.7. The molecule has 0 saturated carbocycles. The van der Waals surface area contributed by atoms with Crippen molar-refractivity contribution in [3.05, 3.63) is 120 Å². The minimum Gasteiger partial charge on any atom is -0.512 e. The van der Waals surface area contributed by atoms with Crippen molar-refractivity contribution in [3.8, 4) is 33.7 Å². The van der Waals surface area contributed by atoms with E-state index in [4.69, 9.17) is 9.40 Å². The van der Waals surface area contributed by atoms with Crippen LogP contribution < -0.4 is 0 Å². The van der Waals surface area contributed by atoms with E-state index in [1.165, 1.54) is 33.7 Å². The standard InChI is InChI=1S/C30H19N2O.C13H24O2.Ir/c1-2-8-19(9-3-1)26-17-22(16-21-11-5-6-12-23(21)26)28-27-25-15-14-20-10-4-7-13-24(20)29(25)33-30(27)32-18-31-28;1-5-10(6-2)12(14)9-13(15)11(7-3)8-4;/h1-13,17-18H,14-15H2;9-11,14H,5-8H2,1-4H3;/q-1;;/b;12-9-;. The Labute approximate surface area is 302 Å². The number of allylic oxidation sites excluding steroid dienone is 2. The molecule has 1 aliphatic rings. The summed E-state index contributed by atoms with van der Waals surface area (Å²) in [6.45, 7) is 8.07. The van der Waals surface area contributed by atoms with Gasteiger partial charge in [0.1, 0.15) is 12.1 Å². The van der Waals surface area contributed by atoms with Gasteiger partial charge in [-0.25, -0.2) is 4.98 Å². The van der Waals surface area contributed by atoms with Crippen molar-refractivity contribution >= 4 is 27.7 Å². The van der Waals surface area contributed by atoms with Crippen LogP contribution in [0.15, 0.2) is 108 Å². The van der Waals surface area contributed by atoms with Crippen molar-refractivity contribution < 1.29 is 34.4 Å². The third-order valence-corrected chi connectivity index (χ3v) is 9.69. The first-order chi connectivity index (χ1) is 23.5. The molecule has 0 aliphatic heterocycles. The first kappa shape index (κ1) is 35.9. The predicted octanol–water partition coefficient (Wildman–Crippen LogP) is 11.1. The number of ketones is 1. The van der Waals surface area contributed by atoms with E-state index in [9.17, 15) is 9.90 Å². The largest absolute Gasteiger partial charge is 0.512 e. The van der Waals surface area contributed by atoms with E-state index >= 15 is 0 Å². The van der Waals surface area contributed by atoms with E-state index < -0.39 is 0 Å². The summed E-state index contributed by atoms with van der Waals surface area (Å²) in [5.41, 5.74) is 8.52. The van der Waals surface area contributed by atoms with Crippen molar-refractivity contribution in [2.24, 2.45) is 11.8 Å². The van der Waals surface area contributed by atoms with Crippen LogP contribution in [0.5, 0.6) is 0 Å². The number of hydrogen-bond donors (Lipinski definition) is 1. The Hall–Kier alpha value is -4.38. The minimum atomic E-state index is 0. The Bertz CT molecular complexity index is 2070. The Morgan fingerprint density at radius 2 is 1.51 bits per heavy atom. The van der Waals surface area contributed by atoms with E-state index in [2.05, 4.69) is 89.9 Å². The second kappa shape index (κ2) is 16.3. The fourth-order valence-electron chi connectivity index (χ4n) is 6.86. The Balaban J connectivity index is 0.000000252. The van der Waals surface area contributed by atoms with Crippen LogP contribution in [0, 0.1) is 17.9 Å². The summed E-state index contributed by atoms with van der Waals surface area (Å²) < 4.78 is 6.32. The van der Waals surface area contributed by atoms with Gasteiger partial charge in [0.05, 0.1) is 5.76 Å². The molecule has 1 radical (unpaired) electrons. The van der Waals surface area contributed by atoms with Crippen LogP contribution in [0.25, 0.3) is 55.6 Å². The zero-order valence-electron chi connectivity index (χ0n) is 28.6. The number of aliphatic hydroxyl groups is 1. The fraction of sp³-hybridized carbons (Fsp3) is 0.279. The maximum Gasteiger partial charge on any atom is 0.223 e. The summed E-state index contributed by atoms with van der Waals surface area (Å²) in [5.74, 6) is 1.48. The third kappa shape index (κ3) is 7.46. The van der Waals surface area contributed by atoms with Gasteiger partial charge < -0.3 is 9.52 Å². The number of carbonyl (C=O) groups is 1. The van der Waals surface area contributed by atoms with Gasteiger partial charge in [-0.15, -0.1) is 23.6 Å². The number of aromatic nitrogens is 2. The summed E-state index contributed by atoms with van der Waals surface area (Å²) in [5, 5.41) is 13.0. The minimum absolute atomic E-state index is 0. The van der Waals surface area contributed by atoms with Gasteiger partial charge in [-0.3, -0.25) is 9.78 Å². The summed E-state index contributed by atoms with van der Waals surface area (Å²) in [6, 6.07) is 33.2. The quantitative estimate of drug-likeness (QED) is 0.0892. The van der Waals surface area contributed by atoms with Crippen molar-refractivity contribution in [1.82, 2.24) is 9.97 Å². The van der Waals surface area contributed by atoms with E-state index in [0.29, 0.717) is 5.71 Å². The molecule has 6 aromatic rings. The Morgan fingerprint density at radius 3 is 2.24 bits per heavy atom. The van der Waals surface area contributed by atoms with Crippen LogP contribution in [-0.2, 0) is 37.7 Å². The van der Waals surface area contributed by atoms with Gasteiger partial charge in [0.2, 0.25) is 5.71 Å². The van der Waals surface area contributed by atoms with Crippen molar-refractivity contribution in [2.45, 2.75) is 66.2 Å². The molecular formula is C43H43IrN2O3-. The Kier molecular flexibility index (Phi) is 12.0. The predicted molar refractivity (Wildman–Crippen MR) is 196 cm³/mol. The van der Waals surface area contributed by atoms with E-state index in [-0.39, 0.29) is 43.5 Å². The molecule has 0 amide bonds. The first-order valence-corrected chi connectivity index (χ1v) is 17.3. The van der Waals surface area contributed by atoms with Crippen LogP contribution in [0.3, 0.4) is 0 Å². The monoisotopic (exact) mass is 828 g/mol. The zero-order valence-corrected chi connectivity index (χ0v) is 31.0. The number of hydrogen-bond acceptors (Lipinski definition) is 5. The van der Waals surface area contributed by atoms with Gasteiger partial charge >= 0.3 is 0 Å². The molecule has 49 heavy (non-hydrogen) atoms. The van der Waals surface area contributed by atoms with Crippen molar-refractivity contribution in [2.75, 3.05) is 0 Å². The molecule has 0 atom stereocenters. The van der Waals surface area contributed by atoms with E-state index in [1.54, 1.807) is 6.33 Å². The maximum atomic E-state index is 11.7. The van der Waals surface area contributed by atoms with Gasteiger partial charge in [-0.2, -0.15) is 0 Å². The molecule has 2 aromatic heterocycles. The average molecular weight is 828 g/mol. The normalized spacial score (nSPS) is 12.3. The molecule has 0 spiro atoms. The number of rotatable bonds is 9. The molecule has 0 unspecified atom stereocenters. The molecule has 6 heteroatoms. The van der Waals surface area contributed by atoms with Gasteiger partial charge in [0.15, 0.2) is 5.78 Å². The summed E-state index contributed by atoms with van der Waals surface area (Å²) in [4.78, 5) is 21.0. The molecule has 1 aliphatic carbocycles. The van der Waals surface area contributed by atoms with Crippen LogP contribution in [0.4, 0.5) is 0 Å². The van der Waals surface area contributed by atoms with Crippen molar-refractivity contribution in [1.29, 1.82) is 0 Å². The molecule has 0 bridgehead atoms.